The van der Waals surface area contributed by atoms with Gasteiger partial charge in [-0.25, -0.2) is 9.18 Å². The molecular formula is C10H6FLiN2O3. The summed E-state index contributed by atoms with van der Waals surface area (Å²) in [6.07, 6.45) is 0. The molecule has 0 saturated carbocycles. The second kappa shape index (κ2) is 5.04. The van der Waals surface area contributed by atoms with Crippen LogP contribution in [0.1, 0.15) is 10.5 Å². The number of hydrogen-bond donors (Lipinski definition) is 2. The van der Waals surface area contributed by atoms with Crippen LogP contribution in [0.3, 0.4) is 0 Å². The van der Waals surface area contributed by atoms with Crippen molar-refractivity contribution in [2.75, 3.05) is 0 Å². The van der Waals surface area contributed by atoms with Gasteiger partial charge in [0.1, 0.15) is 5.82 Å². The first kappa shape index (κ1) is 13.3. The van der Waals surface area contributed by atoms with E-state index in [0.29, 0.717) is 0 Å². The second-order valence-corrected chi connectivity index (χ2v) is 3.08. The number of nitrogens with one attached hydrogen (secondary N) is 1. The fraction of sp³-hybridized carbons (Fsp3) is 0. The molecule has 0 fully saturated rings. The van der Waals surface area contributed by atoms with E-state index < -0.39 is 23.2 Å². The van der Waals surface area contributed by atoms with Crippen molar-refractivity contribution in [3.05, 3.63) is 46.3 Å². The third kappa shape index (κ3) is 2.67. The number of aromatic nitrogens is 2. The number of imidazole rings is 1. The Hall–Kier alpha value is -1.77. The molecule has 82 valence electrons. The summed E-state index contributed by atoms with van der Waals surface area (Å²) in [6, 6.07) is 5.25. The van der Waals surface area contributed by atoms with E-state index in [1.165, 1.54) is 18.2 Å². The van der Waals surface area contributed by atoms with Crippen molar-refractivity contribution >= 4 is 5.97 Å². The van der Waals surface area contributed by atoms with Crippen LogP contribution in [0.25, 0.3) is 11.3 Å². The van der Waals surface area contributed by atoms with E-state index in [9.17, 15) is 14.0 Å². The number of nitrogens with zero attached hydrogens (tertiary/aromatic N) is 1. The molecular weight excluding hydrogens is 222 g/mol. The molecule has 7 heteroatoms. The van der Waals surface area contributed by atoms with Crippen LogP contribution in [0, 0.1) is 5.82 Å². The van der Waals surface area contributed by atoms with Crippen LogP contribution in [0.5, 0.6) is 0 Å². The third-order valence-corrected chi connectivity index (χ3v) is 2.00. The second-order valence-electron chi connectivity index (χ2n) is 3.08. The van der Waals surface area contributed by atoms with Crippen LogP contribution in [0.4, 0.5) is 4.39 Å². The number of benzene rings is 1. The van der Waals surface area contributed by atoms with Gasteiger partial charge in [-0.2, -0.15) is 0 Å². The predicted molar refractivity (Wildman–Crippen MR) is 52.7 cm³/mol. The molecule has 17 heavy (non-hydrogen) atoms. The average molecular weight is 228 g/mol. The Kier molecular flexibility index (Phi) is 3.94. The number of aromatic amines is 1. The van der Waals surface area contributed by atoms with Gasteiger partial charge in [-0.3, -0.25) is 4.79 Å². The van der Waals surface area contributed by atoms with Crippen molar-refractivity contribution < 1.29 is 33.2 Å². The Labute approximate surface area is 107 Å². The molecule has 0 aliphatic carbocycles. The molecule has 2 aromatic rings. The Bertz CT molecular complexity index is 606. The first-order chi connectivity index (χ1) is 7.58. The van der Waals surface area contributed by atoms with Gasteiger partial charge < -0.3 is 15.1 Å². The number of halogens is 1. The summed E-state index contributed by atoms with van der Waals surface area (Å²) in [4.78, 5) is 27.3. The van der Waals surface area contributed by atoms with Crippen LogP contribution in [-0.4, -0.2) is 16.1 Å². The van der Waals surface area contributed by atoms with Gasteiger partial charge in [0.15, 0.2) is 5.69 Å². The average Bonchev–Trinajstić information content (AvgIpc) is 2.60. The molecule has 2 rings (SSSR count). The maximum Gasteiger partial charge on any atom is 1.00 e. The molecule has 1 aromatic heterocycles. The van der Waals surface area contributed by atoms with Gasteiger partial charge in [0.2, 0.25) is 0 Å². The van der Waals surface area contributed by atoms with Gasteiger partial charge >= 0.3 is 24.8 Å². The molecule has 0 aliphatic rings. The van der Waals surface area contributed by atoms with Crippen LogP contribution >= 0.6 is 0 Å². The van der Waals surface area contributed by atoms with E-state index in [1.807, 2.05) is 0 Å². The summed E-state index contributed by atoms with van der Waals surface area (Å²) < 4.78 is 12.9. The number of carbonyl (C=O) groups is 1. The molecule has 5 nitrogen and oxygen atoms in total. The van der Waals surface area contributed by atoms with Crippen LogP contribution in [0.15, 0.2) is 29.1 Å². The predicted octanol–water partition coefficient (Wildman–Crippen LogP) is -2.16. The van der Waals surface area contributed by atoms with Gasteiger partial charge in [0.25, 0.3) is 0 Å². The number of aromatic carboxylic acids is 1. The summed E-state index contributed by atoms with van der Waals surface area (Å²) in [5.74, 6) is -1.85. The molecule has 0 atom stereocenters. The molecule has 0 unspecified atom stereocenters. The molecule has 0 saturated heterocycles. The third-order valence-electron chi connectivity index (χ3n) is 2.00. The van der Waals surface area contributed by atoms with Gasteiger partial charge in [-0.15, -0.1) is 0 Å². The maximum atomic E-state index is 12.9. The minimum absolute atomic E-state index is 0. The SMILES string of the molecule is O=C(O)c1[n-]c(=O)[nH]c1-c1cccc(F)c1.[Li+]. The molecule has 2 N–H and O–H groups in total. The quantitative estimate of drug-likeness (QED) is 0.573. The molecule has 1 aromatic carbocycles. The van der Waals surface area contributed by atoms with Gasteiger partial charge in [-0.1, -0.05) is 12.1 Å². The van der Waals surface area contributed by atoms with Crippen molar-refractivity contribution in [3.8, 4) is 11.3 Å². The van der Waals surface area contributed by atoms with E-state index in [-0.39, 0.29) is 30.1 Å². The monoisotopic (exact) mass is 228 g/mol. The van der Waals surface area contributed by atoms with Gasteiger partial charge in [0.05, 0.1) is 5.69 Å². The topological polar surface area (TPSA) is 84.3 Å². The minimum Gasteiger partial charge on any atom is -0.478 e. The summed E-state index contributed by atoms with van der Waals surface area (Å²) in [7, 11) is 0. The molecule has 1 heterocycles. The number of hydrogen-bond acceptors (Lipinski definition) is 2. The van der Waals surface area contributed by atoms with Crippen molar-refractivity contribution in [1.29, 1.82) is 0 Å². The Morgan fingerprint density at radius 3 is 2.71 bits per heavy atom. The van der Waals surface area contributed by atoms with Crippen molar-refractivity contribution in [2.24, 2.45) is 0 Å². The van der Waals surface area contributed by atoms with Crippen LogP contribution in [0.2, 0.25) is 0 Å². The van der Waals surface area contributed by atoms with E-state index in [0.717, 1.165) is 6.07 Å². The fourth-order valence-electron chi connectivity index (χ4n) is 1.36. The zero-order valence-corrected chi connectivity index (χ0v) is 8.90. The summed E-state index contributed by atoms with van der Waals surface area (Å²) in [6.45, 7) is 0. The van der Waals surface area contributed by atoms with E-state index in [4.69, 9.17) is 5.11 Å². The number of carboxylic acids is 1. The Balaban J connectivity index is 0.00000144. The van der Waals surface area contributed by atoms with E-state index >= 15 is 0 Å². The molecule has 0 spiro atoms. The molecule has 0 amide bonds. The summed E-state index contributed by atoms with van der Waals surface area (Å²) in [5.41, 5.74) is -0.892. The van der Waals surface area contributed by atoms with Crippen LogP contribution < -0.4 is 29.5 Å². The Morgan fingerprint density at radius 2 is 2.12 bits per heavy atom. The molecule has 0 aliphatic heterocycles. The maximum absolute atomic E-state index is 12.9. The first-order valence-corrected chi connectivity index (χ1v) is 4.34. The van der Waals surface area contributed by atoms with E-state index in [1.54, 1.807) is 0 Å². The Morgan fingerprint density at radius 1 is 1.41 bits per heavy atom. The number of H-pyrrole nitrogens is 1. The fourth-order valence-corrected chi connectivity index (χ4v) is 1.36. The smallest absolute Gasteiger partial charge is 0.478 e. The van der Waals surface area contributed by atoms with Crippen molar-refractivity contribution in [2.45, 2.75) is 0 Å². The van der Waals surface area contributed by atoms with Crippen molar-refractivity contribution in [1.82, 2.24) is 9.97 Å². The summed E-state index contributed by atoms with van der Waals surface area (Å²) >= 11 is 0. The first-order valence-electron chi connectivity index (χ1n) is 4.34. The molecule has 0 radical (unpaired) electrons. The number of rotatable bonds is 2. The van der Waals surface area contributed by atoms with Gasteiger partial charge in [0, 0.05) is 0 Å². The molecule has 0 bridgehead atoms. The summed E-state index contributed by atoms with van der Waals surface area (Å²) in [5, 5.41) is 8.79. The normalized spacial score (nSPS) is 9.71. The van der Waals surface area contributed by atoms with E-state index in [2.05, 4.69) is 9.97 Å². The van der Waals surface area contributed by atoms with Crippen molar-refractivity contribution in [3.63, 3.8) is 0 Å². The zero-order valence-electron chi connectivity index (χ0n) is 8.90. The standard InChI is InChI=1S/C10H7FN2O3.Li/c11-6-3-1-2-5(4-6)7-8(9(14)15)13-10(16)12-7;/h1-4H,(H3,12,13,14,15,16);/q;+1/p-1. The van der Waals surface area contributed by atoms with Crippen LogP contribution in [-0.2, 0) is 0 Å². The minimum atomic E-state index is -1.34. The zero-order chi connectivity index (χ0) is 11.7. The van der Waals surface area contributed by atoms with Gasteiger partial charge in [-0.05, 0) is 23.4 Å². The largest absolute Gasteiger partial charge is 1.00 e. The number of carboxylic acid groups (broad SMARTS) is 1.